The van der Waals surface area contributed by atoms with E-state index in [9.17, 15) is 22.8 Å². The molecule has 9 heteroatoms. The normalized spacial score (nSPS) is 11.5. The van der Waals surface area contributed by atoms with Crippen molar-refractivity contribution in [3.63, 3.8) is 0 Å². The van der Waals surface area contributed by atoms with Crippen LogP contribution >= 0.6 is 0 Å². The summed E-state index contributed by atoms with van der Waals surface area (Å²) in [7, 11) is 1.33. The number of halogens is 3. The molecule has 0 radical (unpaired) electrons. The van der Waals surface area contributed by atoms with Gasteiger partial charge in [-0.1, -0.05) is 17.3 Å². The maximum atomic E-state index is 12.7. The lowest BCUT2D eigenvalue weighted by Gasteiger charge is -2.11. The zero-order valence-corrected chi connectivity index (χ0v) is 13.1. The first-order valence-electron chi connectivity index (χ1n) is 7.04. The third-order valence-corrected chi connectivity index (χ3v) is 3.23. The Balaban J connectivity index is 2.15. The minimum absolute atomic E-state index is 0.0458. The fourth-order valence-electron chi connectivity index (χ4n) is 2.00. The summed E-state index contributed by atoms with van der Waals surface area (Å²) < 4.78 is 39.1. The summed E-state index contributed by atoms with van der Waals surface area (Å²) in [6.45, 7) is -0.0458. The molecule has 0 fully saturated rings. The van der Waals surface area contributed by atoms with Crippen molar-refractivity contribution in [3.8, 4) is 0 Å². The van der Waals surface area contributed by atoms with Gasteiger partial charge in [-0.25, -0.2) is 0 Å². The molecule has 2 rings (SSSR count). The Kier molecular flexibility index (Phi) is 5.58. The van der Waals surface area contributed by atoms with Gasteiger partial charge in [-0.15, -0.1) is 0 Å². The van der Waals surface area contributed by atoms with Crippen molar-refractivity contribution in [2.45, 2.75) is 12.7 Å². The van der Waals surface area contributed by atoms with E-state index in [4.69, 9.17) is 0 Å². The summed E-state index contributed by atoms with van der Waals surface area (Å²) in [5.41, 5.74) is -0.558. The van der Waals surface area contributed by atoms with Gasteiger partial charge in [0.2, 0.25) is 0 Å². The molecule has 0 unspecified atom stereocenters. The highest BCUT2D eigenvalue weighted by Gasteiger charge is 2.31. The lowest BCUT2D eigenvalue weighted by atomic mass is 10.1. The highest BCUT2D eigenvalue weighted by atomic mass is 19.4. The number of hydrogen-bond donors (Lipinski definition) is 1. The molecule has 0 aliphatic heterocycles. The quantitative estimate of drug-likeness (QED) is 0.509. The van der Waals surface area contributed by atoms with Crippen LogP contribution in [0.25, 0.3) is 0 Å². The predicted molar refractivity (Wildman–Crippen MR) is 84.2 cm³/mol. The van der Waals surface area contributed by atoms with E-state index in [1.807, 2.05) is 0 Å². The zero-order chi connectivity index (χ0) is 18.4. The largest absolute Gasteiger partial charge is 0.417 e. The summed E-state index contributed by atoms with van der Waals surface area (Å²) in [6, 6.07) is 7.70. The first-order chi connectivity index (χ1) is 11.8. The summed E-state index contributed by atoms with van der Waals surface area (Å²) >= 11 is 0. The molecule has 25 heavy (non-hydrogen) atoms. The number of carbonyl (C=O) groups is 1. The molecule has 0 saturated heterocycles. The van der Waals surface area contributed by atoms with Gasteiger partial charge < -0.3 is 14.7 Å². The number of nitrogens with zero attached hydrogens (tertiary/aromatic N) is 2. The van der Waals surface area contributed by atoms with E-state index in [0.29, 0.717) is 11.1 Å². The molecular weight excluding hydrogens is 339 g/mol. The number of rotatable bonds is 5. The van der Waals surface area contributed by atoms with E-state index in [0.717, 1.165) is 29.2 Å². The SMILES string of the molecule is CON=CNC(=O)c1ccc(Cn2cc(C(F)(F)F)ccc2=O)cc1. The Morgan fingerprint density at radius 1 is 1.24 bits per heavy atom. The van der Waals surface area contributed by atoms with Gasteiger partial charge >= 0.3 is 6.18 Å². The average molecular weight is 353 g/mol. The average Bonchev–Trinajstić information content (AvgIpc) is 2.56. The van der Waals surface area contributed by atoms with E-state index in [2.05, 4.69) is 15.3 Å². The van der Waals surface area contributed by atoms with Gasteiger partial charge in [0, 0.05) is 17.8 Å². The fraction of sp³-hybridized carbons (Fsp3) is 0.188. The van der Waals surface area contributed by atoms with Crippen molar-refractivity contribution in [2.75, 3.05) is 7.11 Å². The van der Waals surface area contributed by atoms with Crippen LogP contribution in [0.3, 0.4) is 0 Å². The first-order valence-corrected chi connectivity index (χ1v) is 7.04. The predicted octanol–water partition coefficient (Wildman–Crippen LogP) is 2.23. The van der Waals surface area contributed by atoms with Gasteiger partial charge in [0.25, 0.3) is 11.5 Å². The van der Waals surface area contributed by atoms with Gasteiger partial charge in [-0.05, 0) is 23.8 Å². The smallest absolute Gasteiger partial charge is 0.398 e. The molecule has 0 aliphatic carbocycles. The van der Waals surface area contributed by atoms with Crippen LogP contribution in [-0.4, -0.2) is 23.9 Å². The maximum absolute atomic E-state index is 12.7. The maximum Gasteiger partial charge on any atom is 0.417 e. The second kappa shape index (κ2) is 7.65. The molecule has 132 valence electrons. The van der Waals surface area contributed by atoms with Gasteiger partial charge in [0.05, 0.1) is 12.1 Å². The number of amides is 1. The first kappa shape index (κ1) is 18.2. The van der Waals surface area contributed by atoms with Crippen molar-refractivity contribution >= 4 is 12.2 Å². The molecule has 0 saturated carbocycles. The van der Waals surface area contributed by atoms with Crippen LogP contribution in [0.15, 0.2) is 52.5 Å². The number of oxime groups is 1. The van der Waals surface area contributed by atoms with Gasteiger partial charge in [0.15, 0.2) is 0 Å². The molecule has 6 nitrogen and oxygen atoms in total. The molecule has 2 aromatic rings. The Bertz CT molecular complexity index is 827. The molecule has 0 aliphatic rings. The minimum Gasteiger partial charge on any atom is -0.398 e. The van der Waals surface area contributed by atoms with Crippen molar-refractivity contribution < 1.29 is 22.8 Å². The van der Waals surface area contributed by atoms with Crippen LogP contribution in [-0.2, 0) is 17.6 Å². The van der Waals surface area contributed by atoms with Gasteiger partial charge in [-0.3, -0.25) is 9.59 Å². The number of nitrogens with one attached hydrogen (secondary N) is 1. The summed E-state index contributed by atoms with van der Waals surface area (Å²) in [4.78, 5) is 27.9. The summed E-state index contributed by atoms with van der Waals surface area (Å²) in [5, 5.41) is 5.73. The monoisotopic (exact) mass is 353 g/mol. The molecular formula is C16H14F3N3O3. The van der Waals surface area contributed by atoms with Gasteiger partial charge in [-0.2, -0.15) is 13.2 Å². The number of alkyl halides is 3. The van der Waals surface area contributed by atoms with E-state index in [1.165, 1.54) is 19.2 Å². The van der Waals surface area contributed by atoms with Crippen molar-refractivity contribution in [1.82, 2.24) is 9.88 Å². The molecule has 1 N–H and O–H groups in total. The van der Waals surface area contributed by atoms with Gasteiger partial charge in [0.1, 0.15) is 13.4 Å². The summed E-state index contributed by atoms with van der Waals surface area (Å²) in [5.74, 6) is -0.427. The number of hydrogen-bond acceptors (Lipinski definition) is 4. The highest BCUT2D eigenvalue weighted by Crippen LogP contribution is 2.28. The second-order valence-corrected chi connectivity index (χ2v) is 4.97. The number of aromatic nitrogens is 1. The lowest BCUT2D eigenvalue weighted by molar-refractivity contribution is -0.138. The Hall–Kier alpha value is -3.10. The van der Waals surface area contributed by atoms with E-state index in [1.54, 1.807) is 12.1 Å². The molecule has 1 aromatic carbocycles. The number of carbonyl (C=O) groups excluding carboxylic acids is 1. The van der Waals surface area contributed by atoms with E-state index in [-0.39, 0.29) is 6.54 Å². The van der Waals surface area contributed by atoms with E-state index < -0.39 is 23.2 Å². The molecule has 1 heterocycles. The molecule has 0 spiro atoms. The Morgan fingerprint density at radius 2 is 1.92 bits per heavy atom. The fourth-order valence-corrected chi connectivity index (χ4v) is 2.00. The summed E-state index contributed by atoms with van der Waals surface area (Å²) in [6.07, 6.45) is -2.68. The topological polar surface area (TPSA) is 72.7 Å². The number of benzene rings is 1. The van der Waals surface area contributed by atoms with Crippen molar-refractivity contribution in [3.05, 3.63) is 69.6 Å². The van der Waals surface area contributed by atoms with Crippen molar-refractivity contribution in [2.24, 2.45) is 5.16 Å². The van der Waals surface area contributed by atoms with Crippen LogP contribution in [0.5, 0.6) is 0 Å². The third kappa shape index (κ3) is 4.93. The van der Waals surface area contributed by atoms with Crippen LogP contribution in [0.2, 0.25) is 0 Å². The molecule has 0 bridgehead atoms. The second-order valence-electron chi connectivity index (χ2n) is 4.97. The Morgan fingerprint density at radius 3 is 2.52 bits per heavy atom. The molecule has 0 atom stereocenters. The van der Waals surface area contributed by atoms with Crippen LogP contribution in [0, 0.1) is 0 Å². The van der Waals surface area contributed by atoms with Crippen LogP contribution in [0.4, 0.5) is 13.2 Å². The lowest BCUT2D eigenvalue weighted by Crippen LogP contribution is -2.22. The van der Waals surface area contributed by atoms with Crippen molar-refractivity contribution in [1.29, 1.82) is 0 Å². The van der Waals surface area contributed by atoms with Crippen LogP contribution < -0.4 is 10.9 Å². The standard InChI is InChI=1S/C16H14F3N3O3/c1-25-21-10-20-15(24)12-4-2-11(3-5-12)8-22-9-13(16(17,18)19)6-7-14(22)23/h2-7,9-10H,8H2,1H3,(H,20,21,24). The van der Waals surface area contributed by atoms with E-state index >= 15 is 0 Å². The van der Waals surface area contributed by atoms with Crippen LogP contribution in [0.1, 0.15) is 21.5 Å². The zero-order valence-electron chi connectivity index (χ0n) is 13.1. The number of pyridine rings is 1. The molecule has 1 amide bonds. The highest BCUT2D eigenvalue weighted by molar-refractivity contribution is 6.00. The third-order valence-electron chi connectivity index (χ3n) is 3.23. The molecule has 1 aromatic heterocycles. The Labute approximate surface area is 140 Å². The minimum atomic E-state index is -4.53.